The van der Waals surface area contributed by atoms with Crippen molar-refractivity contribution in [2.75, 3.05) is 6.61 Å². The molecular weight excluding hydrogens is 200 g/mol. The van der Waals surface area contributed by atoms with E-state index >= 15 is 0 Å². The van der Waals surface area contributed by atoms with Crippen molar-refractivity contribution in [3.05, 3.63) is 28.8 Å². The third-order valence-electron chi connectivity index (χ3n) is 1.88. The van der Waals surface area contributed by atoms with Crippen LogP contribution in [0.1, 0.15) is 18.9 Å². The zero-order valence-corrected chi connectivity index (χ0v) is 9.21. The second-order valence-corrected chi connectivity index (χ2v) is 3.83. The van der Waals surface area contributed by atoms with Gasteiger partial charge in [-0.25, -0.2) is 0 Å². The molecule has 0 saturated carbocycles. The Morgan fingerprint density at radius 2 is 2.21 bits per heavy atom. The Morgan fingerprint density at radius 3 is 2.86 bits per heavy atom. The molecule has 14 heavy (non-hydrogen) atoms. The van der Waals surface area contributed by atoms with E-state index in [1.165, 1.54) is 0 Å². The molecule has 0 spiro atoms. The number of aliphatic hydroxyl groups is 1. The number of aliphatic hydroxyl groups excluding tert-OH is 1. The van der Waals surface area contributed by atoms with Crippen LogP contribution in [0.3, 0.4) is 0 Å². The summed E-state index contributed by atoms with van der Waals surface area (Å²) in [5, 5.41) is 9.65. The van der Waals surface area contributed by atoms with E-state index in [0.29, 0.717) is 23.8 Å². The lowest BCUT2D eigenvalue weighted by atomic mass is 10.2. The third kappa shape index (κ3) is 3.56. The first-order valence-electron chi connectivity index (χ1n) is 4.66. The van der Waals surface area contributed by atoms with Gasteiger partial charge in [-0.3, -0.25) is 0 Å². The number of rotatable bonds is 4. The maximum atomic E-state index is 9.04. The Balaban J connectivity index is 2.53. The highest BCUT2D eigenvalue weighted by Crippen LogP contribution is 2.25. The molecule has 0 radical (unpaired) electrons. The van der Waals surface area contributed by atoms with Crippen LogP contribution in [0.4, 0.5) is 0 Å². The first-order chi connectivity index (χ1) is 6.59. The van der Waals surface area contributed by atoms with E-state index in [4.69, 9.17) is 21.4 Å². The summed E-state index contributed by atoms with van der Waals surface area (Å²) in [6, 6.07) is 5.64. The molecule has 0 saturated heterocycles. The van der Waals surface area contributed by atoms with E-state index in [9.17, 15) is 0 Å². The summed E-state index contributed by atoms with van der Waals surface area (Å²) in [7, 11) is 0. The maximum Gasteiger partial charge on any atom is 0.138 e. The van der Waals surface area contributed by atoms with Crippen LogP contribution in [0.2, 0.25) is 5.02 Å². The number of hydrogen-bond acceptors (Lipinski definition) is 2. The maximum absolute atomic E-state index is 9.04. The zero-order chi connectivity index (χ0) is 10.6. The largest absolute Gasteiger partial charge is 0.492 e. The van der Waals surface area contributed by atoms with Crippen LogP contribution in [0.25, 0.3) is 0 Å². The standard InChI is InChI=1S/C11H15ClO2/c1-8-3-4-10(12)11(7-8)14-6-5-9(2)13/h3-4,7,9,13H,5-6H2,1-2H3. The molecule has 0 fully saturated rings. The lowest BCUT2D eigenvalue weighted by Crippen LogP contribution is -2.07. The van der Waals surface area contributed by atoms with Gasteiger partial charge >= 0.3 is 0 Å². The number of ether oxygens (including phenoxy) is 1. The fraction of sp³-hybridized carbons (Fsp3) is 0.455. The summed E-state index contributed by atoms with van der Waals surface area (Å²) in [4.78, 5) is 0. The SMILES string of the molecule is Cc1ccc(Cl)c(OCCC(C)O)c1. The zero-order valence-electron chi connectivity index (χ0n) is 8.46. The van der Waals surface area contributed by atoms with Crippen molar-refractivity contribution in [2.45, 2.75) is 26.4 Å². The Labute approximate surface area is 89.5 Å². The van der Waals surface area contributed by atoms with Crippen LogP contribution < -0.4 is 4.74 Å². The van der Waals surface area contributed by atoms with Gasteiger partial charge in [0.2, 0.25) is 0 Å². The molecule has 0 aliphatic carbocycles. The van der Waals surface area contributed by atoms with Crippen molar-refractivity contribution in [2.24, 2.45) is 0 Å². The van der Waals surface area contributed by atoms with Crippen molar-refractivity contribution in [1.82, 2.24) is 0 Å². The molecule has 0 aliphatic heterocycles. The van der Waals surface area contributed by atoms with Crippen molar-refractivity contribution < 1.29 is 9.84 Å². The smallest absolute Gasteiger partial charge is 0.138 e. The molecule has 1 unspecified atom stereocenters. The molecule has 0 amide bonds. The van der Waals surface area contributed by atoms with Crippen molar-refractivity contribution in [3.8, 4) is 5.75 Å². The fourth-order valence-corrected chi connectivity index (χ4v) is 1.23. The highest BCUT2D eigenvalue weighted by molar-refractivity contribution is 6.32. The van der Waals surface area contributed by atoms with Gasteiger partial charge in [-0.2, -0.15) is 0 Å². The predicted octanol–water partition coefficient (Wildman–Crippen LogP) is 2.80. The number of hydrogen-bond donors (Lipinski definition) is 1. The van der Waals surface area contributed by atoms with E-state index in [1.54, 1.807) is 6.92 Å². The Morgan fingerprint density at radius 1 is 1.50 bits per heavy atom. The molecule has 0 aromatic heterocycles. The molecule has 78 valence electrons. The van der Waals surface area contributed by atoms with Crippen LogP contribution in [-0.4, -0.2) is 17.8 Å². The van der Waals surface area contributed by atoms with E-state index < -0.39 is 0 Å². The van der Waals surface area contributed by atoms with Crippen LogP contribution >= 0.6 is 11.6 Å². The molecule has 1 aromatic rings. The fourth-order valence-electron chi connectivity index (χ4n) is 1.06. The minimum absolute atomic E-state index is 0.335. The summed E-state index contributed by atoms with van der Waals surface area (Å²) in [5.41, 5.74) is 1.11. The van der Waals surface area contributed by atoms with Gasteiger partial charge in [-0.05, 0) is 31.5 Å². The van der Waals surface area contributed by atoms with Crippen LogP contribution in [0.15, 0.2) is 18.2 Å². The molecule has 0 aliphatic rings. The Hall–Kier alpha value is -0.730. The van der Waals surface area contributed by atoms with Gasteiger partial charge in [-0.15, -0.1) is 0 Å². The predicted molar refractivity (Wildman–Crippen MR) is 58.0 cm³/mol. The highest BCUT2D eigenvalue weighted by Gasteiger charge is 2.02. The second kappa shape index (κ2) is 5.23. The van der Waals surface area contributed by atoms with Crippen molar-refractivity contribution in [1.29, 1.82) is 0 Å². The average molecular weight is 215 g/mol. The number of aryl methyl sites for hydroxylation is 1. The lowest BCUT2D eigenvalue weighted by molar-refractivity contribution is 0.155. The minimum atomic E-state index is -0.335. The van der Waals surface area contributed by atoms with Gasteiger partial charge in [0.05, 0.1) is 17.7 Å². The van der Waals surface area contributed by atoms with E-state index in [1.807, 2.05) is 25.1 Å². The molecule has 2 nitrogen and oxygen atoms in total. The molecule has 1 aromatic carbocycles. The van der Waals surface area contributed by atoms with Gasteiger partial charge in [-0.1, -0.05) is 17.7 Å². The van der Waals surface area contributed by atoms with Crippen LogP contribution in [0.5, 0.6) is 5.75 Å². The Kier molecular flexibility index (Phi) is 4.23. The Bertz CT molecular complexity index is 297. The van der Waals surface area contributed by atoms with Gasteiger partial charge in [0.15, 0.2) is 0 Å². The van der Waals surface area contributed by atoms with Gasteiger partial charge in [0.25, 0.3) is 0 Å². The first-order valence-corrected chi connectivity index (χ1v) is 5.04. The summed E-state index contributed by atoms with van der Waals surface area (Å²) in [5.74, 6) is 0.687. The first kappa shape index (κ1) is 11.3. The summed E-state index contributed by atoms with van der Waals surface area (Å²) in [6.07, 6.45) is 0.281. The number of benzene rings is 1. The van der Waals surface area contributed by atoms with E-state index in [-0.39, 0.29) is 6.10 Å². The normalized spacial score (nSPS) is 12.6. The molecule has 1 rings (SSSR count). The molecular formula is C11H15ClO2. The summed E-state index contributed by atoms with van der Waals surface area (Å²) < 4.78 is 5.44. The average Bonchev–Trinajstić information content (AvgIpc) is 2.10. The molecule has 0 bridgehead atoms. The summed E-state index contributed by atoms with van der Waals surface area (Å²) in [6.45, 7) is 4.21. The van der Waals surface area contributed by atoms with Gasteiger partial charge < -0.3 is 9.84 Å². The third-order valence-corrected chi connectivity index (χ3v) is 2.19. The van der Waals surface area contributed by atoms with Gasteiger partial charge in [0, 0.05) is 6.42 Å². The molecule has 1 atom stereocenters. The highest BCUT2D eigenvalue weighted by atomic mass is 35.5. The second-order valence-electron chi connectivity index (χ2n) is 3.42. The van der Waals surface area contributed by atoms with Gasteiger partial charge in [0.1, 0.15) is 5.75 Å². The van der Waals surface area contributed by atoms with E-state index in [2.05, 4.69) is 0 Å². The molecule has 3 heteroatoms. The molecule has 0 heterocycles. The topological polar surface area (TPSA) is 29.5 Å². The lowest BCUT2D eigenvalue weighted by Gasteiger charge is -2.09. The number of halogens is 1. The van der Waals surface area contributed by atoms with Crippen LogP contribution in [-0.2, 0) is 0 Å². The monoisotopic (exact) mass is 214 g/mol. The van der Waals surface area contributed by atoms with E-state index in [0.717, 1.165) is 5.56 Å². The van der Waals surface area contributed by atoms with Crippen LogP contribution in [0, 0.1) is 6.92 Å². The quantitative estimate of drug-likeness (QED) is 0.835. The molecule has 1 N–H and O–H groups in total. The minimum Gasteiger partial charge on any atom is -0.492 e. The summed E-state index contributed by atoms with van der Waals surface area (Å²) >= 11 is 5.92. The van der Waals surface area contributed by atoms with Crippen molar-refractivity contribution in [3.63, 3.8) is 0 Å². The van der Waals surface area contributed by atoms with Crippen molar-refractivity contribution >= 4 is 11.6 Å².